The average molecular weight is 275 g/mol. The predicted molar refractivity (Wildman–Crippen MR) is 81.0 cm³/mol. The summed E-state index contributed by atoms with van der Waals surface area (Å²) in [7, 11) is 0. The van der Waals surface area contributed by atoms with Gasteiger partial charge in [0.25, 0.3) is 0 Å². The number of benzene rings is 1. The van der Waals surface area contributed by atoms with Gasteiger partial charge in [0.2, 0.25) is 5.91 Å². The smallest absolute Gasteiger partial charge is 0.220 e. The average Bonchev–Trinajstić information content (AvgIpc) is 2.88. The number of nitrogens with one attached hydrogen (secondary N) is 1. The molecule has 1 aliphatic carbocycles. The van der Waals surface area contributed by atoms with Gasteiger partial charge < -0.3 is 10.1 Å². The Morgan fingerprint density at radius 1 is 1.25 bits per heavy atom. The molecule has 1 aliphatic rings. The lowest BCUT2D eigenvalue weighted by Crippen LogP contribution is -2.32. The second kappa shape index (κ2) is 7.32. The Morgan fingerprint density at radius 3 is 2.65 bits per heavy atom. The molecule has 1 amide bonds. The number of carbonyl (C=O) groups is 1. The van der Waals surface area contributed by atoms with Gasteiger partial charge in [-0.05, 0) is 56.2 Å². The molecule has 1 saturated carbocycles. The highest BCUT2D eigenvalue weighted by atomic mass is 16.5. The second-order valence-electron chi connectivity index (χ2n) is 5.53. The molecule has 1 N–H and O–H groups in total. The van der Waals surface area contributed by atoms with Crippen molar-refractivity contribution in [2.75, 3.05) is 6.61 Å². The Balaban J connectivity index is 1.87. The lowest BCUT2D eigenvalue weighted by Gasteiger charge is -2.14. The van der Waals surface area contributed by atoms with Crippen molar-refractivity contribution in [3.05, 3.63) is 29.8 Å². The van der Waals surface area contributed by atoms with Crippen molar-refractivity contribution in [1.82, 2.24) is 5.32 Å². The van der Waals surface area contributed by atoms with Gasteiger partial charge >= 0.3 is 0 Å². The van der Waals surface area contributed by atoms with E-state index >= 15 is 0 Å². The molecule has 0 bridgehead atoms. The molecule has 0 spiro atoms. The van der Waals surface area contributed by atoms with Gasteiger partial charge in [-0.1, -0.05) is 19.1 Å². The number of carbonyl (C=O) groups excluding carboxylic acids is 1. The molecule has 1 aromatic carbocycles. The highest BCUT2D eigenvalue weighted by molar-refractivity contribution is 5.76. The van der Waals surface area contributed by atoms with Gasteiger partial charge in [-0.25, -0.2) is 0 Å². The largest absolute Gasteiger partial charge is 0.494 e. The summed E-state index contributed by atoms with van der Waals surface area (Å²) in [5, 5.41) is 3.15. The minimum absolute atomic E-state index is 0.199. The lowest BCUT2D eigenvalue weighted by atomic mass is 9.97. The van der Waals surface area contributed by atoms with E-state index in [9.17, 15) is 4.79 Å². The third-order valence-electron chi connectivity index (χ3n) is 3.94. The van der Waals surface area contributed by atoms with E-state index in [1.165, 1.54) is 5.56 Å². The summed E-state index contributed by atoms with van der Waals surface area (Å²) in [5.74, 6) is 1.70. The fraction of sp³-hybridized carbons (Fsp3) is 0.588. The van der Waals surface area contributed by atoms with E-state index in [0.717, 1.165) is 31.4 Å². The summed E-state index contributed by atoms with van der Waals surface area (Å²) in [6.45, 7) is 4.74. The van der Waals surface area contributed by atoms with Crippen molar-refractivity contribution in [1.29, 1.82) is 0 Å². The van der Waals surface area contributed by atoms with Crippen molar-refractivity contribution in [2.45, 2.75) is 57.9 Å². The molecule has 0 radical (unpaired) electrons. The van der Waals surface area contributed by atoms with Crippen LogP contribution in [-0.2, 0) is 4.79 Å². The van der Waals surface area contributed by atoms with Crippen molar-refractivity contribution in [3.63, 3.8) is 0 Å². The van der Waals surface area contributed by atoms with Crippen LogP contribution in [0.25, 0.3) is 0 Å². The van der Waals surface area contributed by atoms with Crippen LogP contribution in [-0.4, -0.2) is 18.6 Å². The molecule has 0 saturated heterocycles. The van der Waals surface area contributed by atoms with Gasteiger partial charge in [0.15, 0.2) is 0 Å². The molecule has 0 heterocycles. The van der Waals surface area contributed by atoms with Gasteiger partial charge in [-0.2, -0.15) is 0 Å². The zero-order valence-corrected chi connectivity index (χ0v) is 12.5. The Morgan fingerprint density at radius 2 is 2.00 bits per heavy atom. The van der Waals surface area contributed by atoms with Crippen LogP contribution < -0.4 is 10.1 Å². The zero-order valence-electron chi connectivity index (χ0n) is 12.5. The molecule has 1 fully saturated rings. The first kappa shape index (κ1) is 14.9. The van der Waals surface area contributed by atoms with Crippen LogP contribution in [0.5, 0.6) is 5.75 Å². The molecule has 1 aromatic rings. The van der Waals surface area contributed by atoms with Crippen LogP contribution >= 0.6 is 0 Å². The molecule has 3 heteroatoms. The molecular weight excluding hydrogens is 250 g/mol. The summed E-state index contributed by atoms with van der Waals surface area (Å²) in [5.41, 5.74) is 1.36. The summed E-state index contributed by atoms with van der Waals surface area (Å²) >= 11 is 0. The first-order valence-corrected chi connectivity index (χ1v) is 7.75. The summed E-state index contributed by atoms with van der Waals surface area (Å²) in [4.78, 5) is 11.6. The SMILES string of the molecule is CCCC(=O)NC1CCC(c2ccc(OCC)cc2)C1. The Kier molecular flexibility index (Phi) is 5.45. The molecule has 0 aliphatic heterocycles. The number of hydrogen-bond acceptors (Lipinski definition) is 2. The van der Waals surface area contributed by atoms with E-state index in [0.29, 0.717) is 25.0 Å². The van der Waals surface area contributed by atoms with E-state index in [4.69, 9.17) is 4.74 Å². The first-order valence-electron chi connectivity index (χ1n) is 7.75. The third-order valence-corrected chi connectivity index (χ3v) is 3.94. The van der Waals surface area contributed by atoms with E-state index in [1.807, 2.05) is 26.0 Å². The van der Waals surface area contributed by atoms with Crippen molar-refractivity contribution in [3.8, 4) is 5.75 Å². The van der Waals surface area contributed by atoms with E-state index in [-0.39, 0.29) is 5.91 Å². The van der Waals surface area contributed by atoms with E-state index in [2.05, 4.69) is 17.4 Å². The monoisotopic (exact) mass is 275 g/mol. The quantitative estimate of drug-likeness (QED) is 0.860. The number of rotatable bonds is 6. The minimum atomic E-state index is 0.199. The Labute approximate surface area is 121 Å². The molecule has 2 rings (SSSR count). The van der Waals surface area contributed by atoms with Crippen molar-refractivity contribution < 1.29 is 9.53 Å². The topological polar surface area (TPSA) is 38.3 Å². The normalized spacial score (nSPS) is 21.7. The molecule has 3 nitrogen and oxygen atoms in total. The second-order valence-corrected chi connectivity index (χ2v) is 5.53. The van der Waals surface area contributed by atoms with Crippen molar-refractivity contribution >= 4 is 5.91 Å². The summed E-state index contributed by atoms with van der Waals surface area (Å²) in [6.07, 6.45) is 4.87. The summed E-state index contributed by atoms with van der Waals surface area (Å²) < 4.78 is 5.47. The van der Waals surface area contributed by atoms with E-state index in [1.54, 1.807) is 0 Å². The van der Waals surface area contributed by atoms with Crippen molar-refractivity contribution in [2.24, 2.45) is 0 Å². The highest BCUT2D eigenvalue weighted by Crippen LogP contribution is 2.35. The predicted octanol–water partition coefficient (Wildman–Crippen LogP) is 3.64. The van der Waals surface area contributed by atoms with Crippen LogP contribution in [0.3, 0.4) is 0 Å². The van der Waals surface area contributed by atoms with Gasteiger partial charge in [0.05, 0.1) is 6.61 Å². The molecule has 0 aromatic heterocycles. The molecule has 20 heavy (non-hydrogen) atoms. The standard InChI is InChI=1S/C17H25NO2/c1-3-5-17(19)18-15-9-6-14(12-15)13-7-10-16(11-8-13)20-4-2/h7-8,10-11,14-15H,3-6,9,12H2,1-2H3,(H,18,19). The van der Waals surface area contributed by atoms with Crippen LogP contribution in [0.2, 0.25) is 0 Å². The van der Waals surface area contributed by atoms with Crippen LogP contribution in [0.1, 0.15) is 57.4 Å². The maximum absolute atomic E-state index is 11.6. The maximum Gasteiger partial charge on any atom is 0.220 e. The molecule has 2 atom stereocenters. The fourth-order valence-electron chi connectivity index (χ4n) is 2.95. The molecular formula is C17H25NO2. The summed E-state index contributed by atoms with van der Waals surface area (Å²) in [6, 6.07) is 8.76. The number of ether oxygens (including phenoxy) is 1. The Hall–Kier alpha value is -1.51. The number of amides is 1. The van der Waals surface area contributed by atoms with Crippen LogP contribution in [0.15, 0.2) is 24.3 Å². The first-order chi connectivity index (χ1) is 9.72. The molecule has 2 unspecified atom stereocenters. The van der Waals surface area contributed by atoms with Crippen LogP contribution in [0, 0.1) is 0 Å². The maximum atomic E-state index is 11.6. The lowest BCUT2D eigenvalue weighted by molar-refractivity contribution is -0.121. The van der Waals surface area contributed by atoms with Gasteiger partial charge in [0.1, 0.15) is 5.75 Å². The molecule has 110 valence electrons. The van der Waals surface area contributed by atoms with Gasteiger partial charge in [-0.3, -0.25) is 4.79 Å². The van der Waals surface area contributed by atoms with Gasteiger partial charge in [-0.15, -0.1) is 0 Å². The fourth-order valence-corrected chi connectivity index (χ4v) is 2.95. The van der Waals surface area contributed by atoms with Crippen LogP contribution in [0.4, 0.5) is 0 Å². The Bertz CT molecular complexity index is 427. The minimum Gasteiger partial charge on any atom is -0.494 e. The highest BCUT2D eigenvalue weighted by Gasteiger charge is 2.26. The van der Waals surface area contributed by atoms with Gasteiger partial charge in [0, 0.05) is 12.5 Å². The number of hydrogen-bond donors (Lipinski definition) is 1. The van der Waals surface area contributed by atoms with E-state index < -0.39 is 0 Å². The zero-order chi connectivity index (χ0) is 14.4. The third kappa shape index (κ3) is 3.99.